The van der Waals surface area contributed by atoms with Crippen LogP contribution in [-0.4, -0.2) is 5.11 Å². The highest BCUT2D eigenvalue weighted by Gasteiger charge is 2.13. The Labute approximate surface area is 94.5 Å². The second-order valence-electron chi connectivity index (χ2n) is 3.51. The van der Waals surface area contributed by atoms with Gasteiger partial charge in [-0.1, -0.05) is 6.07 Å². The molecule has 2 aromatic rings. The topological polar surface area (TPSA) is 50.4 Å². The largest absolute Gasteiger partial charge is 0.506 e. The second kappa shape index (κ2) is 3.38. The summed E-state index contributed by atoms with van der Waals surface area (Å²) in [5.74, 6) is -0.0567. The molecule has 0 fully saturated rings. The fourth-order valence-electron chi connectivity index (χ4n) is 1.66. The number of hydrogen-bond donors (Lipinski definition) is 1. The molecule has 15 heavy (non-hydrogen) atoms. The highest BCUT2D eigenvalue weighted by Crippen LogP contribution is 2.32. The Bertz CT molecular complexity index is 599. The van der Waals surface area contributed by atoms with Crippen molar-refractivity contribution in [2.24, 2.45) is 0 Å². The van der Waals surface area contributed by atoms with Crippen molar-refractivity contribution in [3.8, 4) is 5.75 Å². The first-order chi connectivity index (χ1) is 7.00. The minimum absolute atomic E-state index is 0.0567. The van der Waals surface area contributed by atoms with E-state index in [4.69, 9.17) is 4.42 Å². The molecule has 0 amide bonds. The smallest absolute Gasteiger partial charge is 0.354 e. The molecule has 0 saturated heterocycles. The van der Waals surface area contributed by atoms with Gasteiger partial charge in [-0.15, -0.1) is 0 Å². The van der Waals surface area contributed by atoms with E-state index in [1.807, 2.05) is 19.9 Å². The third-order valence-electron chi connectivity index (χ3n) is 2.27. The second-order valence-corrected chi connectivity index (χ2v) is 4.30. The summed E-state index contributed by atoms with van der Waals surface area (Å²) in [6, 6.07) is 3.66. The van der Waals surface area contributed by atoms with Crippen molar-refractivity contribution >= 4 is 26.9 Å². The Morgan fingerprint density at radius 2 is 2.00 bits per heavy atom. The molecule has 1 N–H and O–H groups in total. The van der Waals surface area contributed by atoms with Gasteiger partial charge in [0.15, 0.2) is 0 Å². The summed E-state index contributed by atoms with van der Waals surface area (Å²) in [6.45, 7) is 3.77. The molecule has 0 aliphatic heterocycles. The quantitative estimate of drug-likeness (QED) is 0.748. The van der Waals surface area contributed by atoms with Crippen LogP contribution in [-0.2, 0) is 0 Å². The maximum absolute atomic E-state index is 11.3. The third kappa shape index (κ3) is 1.55. The minimum Gasteiger partial charge on any atom is -0.506 e. The molecule has 1 heterocycles. The lowest BCUT2D eigenvalue weighted by molar-refractivity contribution is 0.462. The summed E-state index contributed by atoms with van der Waals surface area (Å²) in [5.41, 5.74) is 1.72. The van der Waals surface area contributed by atoms with Crippen molar-refractivity contribution in [3.05, 3.63) is 38.2 Å². The maximum Gasteiger partial charge on any atom is 0.354 e. The molecule has 1 aromatic heterocycles. The van der Waals surface area contributed by atoms with Crippen LogP contribution >= 0.6 is 15.9 Å². The van der Waals surface area contributed by atoms with Crippen LogP contribution in [0.2, 0.25) is 0 Å². The number of aromatic hydroxyl groups is 1. The van der Waals surface area contributed by atoms with Gasteiger partial charge in [-0.2, -0.15) is 0 Å². The van der Waals surface area contributed by atoms with Crippen LogP contribution in [0.15, 0.2) is 25.8 Å². The van der Waals surface area contributed by atoms with E-state index in [-0.39, 0.29) is 10.2 Å². The summed E-state index contributed by atoms with van der Waals surface area (Å²) in [7, 11) is 0. The standard InChI is InChI=1S/C11H9BrO3/c1-5-3-6(2)8-7(4-5)15-11(14)9(12)10(8)13/h3-4,13H,1-2H3. The van der Waals surface area contributed by atoms with Gasteiger partial charge in [0.05, 0.1) is 5.39 Å². The Kier molecular flexibility index (Phi) is 2.31. The number of aryl methyl sites for hydroxylation is 2. The van der Waals surface area contributed by atoms with Crippen molar-refractivity contribution in [1.29, 1.82) is 0 Å². The summed E-state index contributed by atoms with van der Waals surface area (Å²) in [6.07, 6.45) is 0. The van der Waals surface area contributed by atoms with E-state index >= 15 is 0 Å². The molecule has 78 valence electrons. The molecule has 0 spiro atoms. The molecular formula is C11H9BrO3. The lowest BCUT2D eigenvalue weighted by Gasteiger charge is -2.05. The van der Waals surface area contributed by atoms with Gasteiger partial charge in [0.2, 0.25) is 0 Å². The fraction of sp³-hybridized carbons (Fsp3) is 0.182. The van der Waals surface area contributed by atoms with E-state index in [2.05, 4.69) is 15.9 Å². The normalized spacial score (nSPS) is 10.9. The van der Waals surface area contributed by atoms with Gasteiger partial charge in [0.1, 0.15) is 15.8 Å². The van der Waals surface area contributed by atoms with Gasteiger partial charge < -0.3 is 9.52 Å². The minimum atomic E-state index is -0.565. The van der Waals surface area contributed by atoms with E-state index in [9.17, 15) is 9.90 Å². The molecule has 4 heteroatoms. The first-order valence-electron chi connectivity index (χ1n) is 4.43. The predicted molar refractivity (Wildman–Crippen MR) is 61.3 cm³/mol. The fourth-order valence-corrected chi connectivity index (χ4v) is 1.94. The van der Waals surface area contributed by atoms with Crippen molar-refractivity contribution < 1.29 is 9.52 Å². The van der Waals surface area contributed by atoms with E-state index < -0.39 is 5.63 Å². The van der Waals surface area contributed by atoms with Gasteiger partial charge in [0, 0.05) is 0 Å². The van der Waals surface area contributed by atoms with Crippen molar-refractivity contribution in [2.75, 3.05) is 0 Å². The van der Waals surface area contributed by atoms with E-state index in [0.717, 1.165) is 11.1 Å². The number of fused-ring (bicyclic) bond motifs is 1. The van der Waals surface area contributed by atoms with Crippen LogP contribution in [0.25, 0.3) is 11.0 Å². The highest BCUT2D eigenvalue weighted by molar-refractivity contribution is 9.10. The number of rotatable bonds is 0. The maximum atomic E-state index is 11.3. The van der Waals surface area contributed by atoms with Crippen molar-refractivity contribution in [2.45, 2.75) is 13.8 Å². The summed E-state index contributed by atoms with van der Waals surface area (Å²) in [4.78, 5) is 11.3. The Balaban J connectivity index is 3.05. The molecule has 1 aromatic carbocycles. The summed E-state index contributed by atoms with van der Waals surface area (Å²) >= 11 is 3.00. The zero-order valence-corrected chi connectivity index (χ0v) is 9.88. The Hall–Kier alpha value is -1.29. The van der Waals surface area contributed by atoms with Gasteiger partial charge in [-0.3, -0.25) is 0 Å². The van der Waals surface area contributed by atoms with Crippen LogP contribution in [0, 0.1) is 13.8 Å². The molecule has 0 atom stereocenters. The van der Waals surface area contributed by atoms with Crippen molar-refractivity contribution in [1.82, 2.24) is 0 Å². The summed E-state index contributed by atoms with van der Waals surface area (Å²) < 4.78 is 5.14. The van der Waals surface area contributed by atoms with E-state index in [0.29, 0.717) is 11.0 Å². The Morgan fingerprint density at radius 1 is 1.33 bits per heavy atom. The average molecular weight is 269 g/mol. The third-order valence-corrected chi connectivity index (χ3v) is 2.97. The molecule has 0 saturated carbocycles. The van der Waals surface area contributed by atoms with Crippen LogP contribution in [0.4, 0.5) is 0 Å². The molecule has 2 rings (SSSR count). The van der Waals surface area contributed by atoms with Crippen LogP contribution in [0.5, 0.6) is 5.75 Å². The van der Waals surface area contributed by atoms with Crippen LogP contribution < -0.4 is 5.63 Å². The lowest BCUT2D eigenvalue weighted by atomic mass is 10.1. The van der Waals surface area contributed by atoms with Gasteiger partial charge in [-0.05, 0) is 47.0 Å². The van der Waals surface area contributed by atoms with Crippen LogP contribution in [0.1, 0.15) is 11.1 Å². The molecule has 0 aliphatic rings. The summed E-state index contributed by atoms with van der Waals surface area (Å²) in [5, 5.41) is 10.4. The van der Waals surface area contributed by atoms with E-state index in [1.165, 1.54) is 0 Å². The number of halogens is 1. The molecule has 0 radical (unpaired) electrons. The van der Waals surface area contributed by atoms with Crippen LogP contribution in [0.3, 0.4) is 0 Å². The first kappa shape index (κ1) is 10.2. The zero-order valence-electron chi connectivity index (χ0n) is 8.30. The SMILES string of the molecule is Cc1cc(C)c2c(O)c(Br)c(=O)oc2c1. The zero-order chi connectivity index (χ0) is 11.2. The van der Waals surface area contributed by atoms with Gasteiger partial charge in [0.25, 0.3) is 0 Å². The number of hydrogen-bond acceptors (Lipinski definition) is 3. The molecule has 3 nitrogen and oxygen atoms in total. The predicted octanol–water partition coefficient (Wildman–Crippen LogP) is 2.88. The molecule has 0 bridgehead atoms. The lowest BCUT2D eigenvalue weighted by Crippen LogP contribution is -2.00. The Morgan fingerprint density at radius 3 is 2.67 bits per heavy atom. The van der Waals surface area contributed by atoms with E-state index in [1.54, 1.807) is 6.07 Å². The van der Waals surface area contributed by atoms with Gasteiger partial charge in [-0.25, -0.2) is 4.79 Å². The number of benzene rings is 1. The molecular weight excluding hydrogens is 260 g/mol. The molecule has 0 unspecified atom stereocenters. The van der Waals surface area contributed by atoms with Gasteiger partial charge >= 0.3 is 5.63 Å². The first-order valence-corrected chi connectivity index (χ1v) is 5.22. The average Bonchev–Trinajstić information content (AvgIpc) is 2.13. The van der Waals surface area contributed by atoms with Crippen molar-refractivity contribution in [3.63, 3.8) is 0 Å². The molecule has 0 aliphatic carbocycles. The highest BCUT2D eigenvalue weighted by atomic mass is 79.9. The monoisotopic (exact) mass is 268 g/mol.